The van der Waals surface area contributed by atoms with Crippen LogP contribution in [0.2, 0.25) is 0 Å². The van der Waals surface area contributed by atoms with Gasteiger partial charge in [-0.25, -0.2) is 4.84 Å². The number of aliphatic hydroxyl groups excluding tert-OH is 1. The summed E-state index contributed by atoms with van der Waals surface area (Å²) in [6.45, 7) is 3.36. The maximum Gasteiger partial charge on any atom is 0.351 e. The Hall–Kier alpha value is -1.24. The first-order valence-electron chi connectivity index (χ1n) is 7.12. The van der Waals surface area contributed by atoms with Crippen LogP contribution in [0, 0.1) is 0 Å². The van der Waals surface area contributed by atoms with Crippen LogP contribution in [0.4, 0.5) is 8.78 Å². The summed E-state index contributed by atoms with van der Waals surface area (Å²) in [6.07, 6.45) is -1.44. The standard InChI is InChI=1S/C15H21ClF2N2O2/c1-3-7-12(20-16)13(21)15(17,18)14(22)19-10(2)11-8-5-4-6-9-11/h4-6,8-10,12-13,20-21H,3,7H2,1-2H3,(H,19,22)/t10-,12-,13?/m0/s1. The molecular weight excluding hydrogens is 314 g/mol. The van der Waals surface area contributed by atoms with Crippen molar-refractivity contribution in [1.82, 2.24) is 10.2 Å². The average Bonchev–Trinajstić information content (AvgIpc) is 2.52. The van der Waals surface area contributed by atoms with E-state index in [0.29, 0.717) is 12.0 Å². The summed E-state index contributed by atoms with van der Waals surface area (Å²) in [5, 5.41) is 12.0. The Labute approximate surface area is 134 Å². The third-order valence-electron chi connectivity index (χ3n) is 3.44. The summed E-state index contributed by atoms with van der Waals surface area (Å²) in [4.78, 5) is 13.9. The van der Waals surface area contributed by atoms with Gasteiger partial charge in [-0.1, -0.05) is 43.7 Å². The number of aliphatic hydroxyl groups is 1. The molecule has 7 heteroatoms. The van der Waals surface area contributed by atoms with Gasteiger partial charge in [0.05, 0.1) is 12.1 Å². The summed E-state index contributed by atoms with van der Waals surface area (Å²) in [6, 6.07) is 7.07. The van der Waals surface area contributed by atoms with E-state index in [2.05, 4.69) is 10.2 Å². The molecule has 0 aromatic heterocycles. The van der Waals surface area contributed by atoms with Crippen molar-refractivity contribution < 1.29 is 18.7 Å². The van der Waals surface area contributed by atoms with E-state index < -0.39 is 30.0 Å². The highest BCUT2D eigenvalue weighted by atomic mass is 35.5. The van der Waals surface area contributed by atoms with Crippen molar-refractivity contribution in [2.24, 2.45) is 0 Å². The molecule has 0 fully saturated rings. The van der Waals surface area contributed by atoms with Crippen molar-refractivity contribution in [3.05, 3.63) is 35.9 Å². The molecule has 1 unspecified atom stereocenters. The molecule has 22 heavy (non-hydrogen) atoms. The van der Waals surface area contributed by atoms with Crippen LogP contribution in [0.15, 0.2) is 30.3 Å². The normalized spacial score (nSPS) is 15.9. The van der Waals surface area contributed by atoms with Crippen LogP contribution in [0.3, 0.4) is 0 Å². The van der Waals surface area contributed by atoms with E-state index in [9.17, 15) is 18.7 Å². The Morgan fingerprint density at radius 2 is 1.95 bits per heavy atom. The molecule has 0 bridgehead atoms. The molecule has 1 amide bonds. The third-order valence-corrected chi connectivity index (χ3v) is 3.72. The highest BCUT2D eigenvalue weighted by Crippen LogP contribution is 2.25. The summed E-state index contributed by atoms with van der Waals surface area (Å²) < 4.78 is 28.2. The molecule has 0 saturated heterocycles. The van der Waals surface area contributed by atoms with Crippen molar-refractivity contribution in [2.75, 3.05) is 0 Å². The molecule has 0 radical (unpaired) electrons. The molecule has 1 aromatic carbocycles. The molecule has 0 aliphatic carbocycles. The molecule has 1 rings (SSSR count). The molecule has 1 aromatic rings. The number of nitrogens with one attached hydrogen (secondary N) is 2. The van der Waals surface area contributed by atoms with Crippen molar-refractivity contribution in [1.29, 1.82) is 0 Å². The lowest BCUT2D eigenvalue weighted by atomic mass is 10.00. The van der Waals surface area contributed by atoms with Crippen molar-refractivity contribution in [3.8, 4) is 0 Å². The number of amides is 1. The van der Waals surface area contributed by atoms with Crippen LogP contribution in [-0.2, 0) is 4.79 Å². The molecule has 124 valence electrons. The van der Waals surface area contributed by atoms with Gasteiger partial charge in [-0.05, 0) is 30.7 Å². The lowest BCUT2D eigenvalue weighted by Gasteiger charge is -2.28. The molecule has 4 nitrogen and oxygen atoms in total. The summed E-state index contributed by atoms with van der Waals surface area (Å²) in [7, 11) is 0. The van der Waals surface area contributed by atoms with Crippen molar-refractivity contribution >= 4 is 17.7 Å². The number of rotatable bonds is 8. The molecule has 0 aliphatic rings. The number of benzene rings is 1. The first-order valence-corrected chi connectivity index (χ1v) is 7.50. The van der Waals surface area contributed by atoms with E-state index >= 15 is 0 Å². The Kier molecular flexibility index (Phi) is 7.19. The van der Waals surface area contributed by atoms with Crippen molar-refractivity contribution in [3.63, 3.8) is 0 Å². The van der Waals surface area contributed by atoms with Crippen LogP contribution in [0.25, 0.3) is 0 Å². The second kappa shape index (κ2) is 8.41. The molecule has 0 spiro atoms. The minimum absolute atomic E-state index is 0.224. The van der Waals surface area contributed by atoms with Crippen LogP contribution in [0.1, 0.15) is 38.3 Å². The second-order valence-corrected chi connectivity index (χ2v) is 5.40. The summed E-state index contributed by atoms with van der Waals surface area (Å²) in [5.41, 5.74) is 0.696. The van der Waals surface area contributed by atoms with E-state index in [4.69, 9.17) is 11.8 Å². The average molecular weight is 335 g/mol. The van der Waals surface area contributed by atoms with E-state index in [-0.39, 0.29) is 6.42 Å². The van der Waals surface area contributed by atoms with Crippen LogP contribution in [0.5, 0.6) is 0 Å². The quantitative estimate of drug-likeness (QED) is 0.641. The number of carbonyl (C=O) groups is 1. The third kappa shape index (κ3) is 4.63. The Morgan fingerprint density at radius 3 is 2.45 bits per heavy atom. The van der Waals surface area contributed by atoms with Crippen LogP contribution < -0.4 is 10.2 Å². The van der Waals surface area contributed by atoms with Gasteiger partial charge in [0, 0.05) is 0 Å². The van der Waals surface area contributed by atoms with E-state index in [1.54, 1.807) is 44.2 Å². The Balaban J connectivity index is 2.77. The maximum atomic E-state index is 14.1. The highest BCUT2D eigenvalue weighted by molar-refractivity contribution is 6.13. The van der Waals surface area contributed by atoms with Gasteiger partial charge in [0.25, 0.3) is 5.91 Å². The molecule has 0 aliphatic heterocycles. The van der Waals surface area contributed by atoms with Gasteiger partial charge in [0.15, 0.2) is 0 Å². The van der Waals surface area contributed by atoms with E-state index in [1.807, 2.05) is 0 Å². The number of alkyl halides is 2. The SMILES string of the molecule is CCC[C@H](NCl)C(O)C(F)(F)C(=O)N[C@@H](C)c1ccccc1. The zero-order valence-corrected chi connectivity index (χ0v) is 13.3. The minimum Gasteiger partial charge on any atom is -0.385 e. The highest BCUT2D eigenvalue weighted by Gasteiger charge is 2.50. The Bertz CT molecular complexity index is 474. The lowest BCUT2D eigenvalue weighted by Crippen LogP contribution is -2.55. The fourth-order valence-electron chi connectivity index (χ4n) is 2.09. The molecule has 3 N–H and O–H groups in total. The van der Waals surface area contributed by atoms with Crippen LogP contribution >= 0.6 is 11.8 Å². The Morgan fingerprint density at radius 1 is 1.36 bits per heavy atom. The predicted octanol–water partition coefficient (Wildman–Crippen LogP) is 2.77. The first kappa shape index (κ1) is 18.8. The second-order valence-electron chi connectivity index (χ2n) is 5.18. The van der Waals surface area contributed by atoms with Gasteiger partial charge >= 0.3 is 5.92 Å². The molecule has 0 heterocycles. The zero-order chi connectivity index (χ0) is 16.8. The van der Waals surface area contributed by atoms with Crippen LogP contribution in [-0.4, -0.2) is 29.1 Å². The van der Waals surface area contributed by atoms with Crippen molar-refractivity contribution in [2.45, 2.75) is 50.8 Å². The fraction of sp³-hybridized carbons (Fsp3) is 0.533. The summed E-state index contributed by atoms with van der Waals surface area (Å²) in [5.74, 6) is -5.46. The van der Waals surface area contributed by atoms with Gasteiger partial charge in [-0.15, -0.1) is 0 Å². The lowest BCUT2D eigenvalue weighted by molar-refractivity contribution is -0.167. The maximum absolute atomic E-state index is 14.1. The number of carbonyl (C=O) groups excluding carboxylic acids is 1. The molecular formula is C15H21ClF2N2O2. The van der Waals surface area contributed by atoms with Gasteiger partial charge in [-0.3, -0.25) is 4.79 Å². The number of hydrogen-bond donors (Lipinski definition) is 3. The zero-order valence-electron chi connectivity index (χ0n) is 12.5. The smallest absolute Gasteiger partial charge is 0.351 e. The van der Waals surface area contributed by atoms with Gasteiger partial charge in [0.1, 0.15) is 6.10 Å². The summed E-state index contributed by atoms with van der Waals surface area (Å²) >= 11 is 5.38. The topological polar surface area (TPSA) is 61.4 Å². The van der Waals surface area contributed by atoms with Gasteiger partial charge in [0.2, 0.25) is 0 Å². The largest absolute Gasteiger partial charge is 0.385 e. The minimum atomic E-state index is -3.94. The van der Waals surface area contributed by atoms with Gasteiger partial charge < -0.3 is 10.4 Å². The monoisotopic (exact) mass is 334 g/mol. The fourth-order valence-corrected chi connectivity index (χ4v) is 2.32. The number of hydrogen-bond acceptors (Lipinski definition) is 3. The first-order chi connectivity index (χ1) is 10.3. The number of halogens is 3. The van der Waals surface area contributed by atoms with Gasteiger partial charge in [-0.2, -0.15) is 8.78 Å². The van der Waals surface area contributed by atoms with E-state index in [0.717, 1.165) is 0 Å². The molecule has 3 atom stereocenters. The molecule has 0 saturated carbocycles. The predicted molar refractivity (Wildman–Crippen MR) is 81.6 cm³/mol. The van der Waals surface area contributed by atoms with E-state index in [1.165, 1.54) is 0 Å².